The van der Waals surface area contributed by atoms with Crippen LogP contribution in [0, 0.1) is 0 Å². The Morgan fingerprint density at radius 3 is 2.94 bits per heavy atom. The quantitative estimate of drug-likeness (QED) is 0.889. The van der Waals surface area contributed by atoms with Gasteiger partial charge in [0.15, 0.2) is 0 Å². The second kappa shape index (κ2) is 4.28. The molecule has 0 amide bonds. The number of thiazole rings is 1. The molecule has 2 nitrogen and oxygen atoms in total. The Hall–Kier alpha value is -0.710. The second-order valence-corrected chi connectivity index (χ2v) is 6.06. The molecule has 1 atom stereocenters. The molecule has 1 unspecified atom stereocenters. The lowest BCUT2D eigenvalue weighted by atomic mass is 10.0. The molecule has 4 heteroatoms. The van der Waals surface area contributed by atoms with Gasteiger partial charge in [0.2, 0.25) is 0 Å². The maximum absolute atomic E-state index is 6.23. The number of nitrogens with two attached hydrogens (primary N) is 1. The molecule has 0 radical (unpaired) electrons. The smallest absolute Gasteiger partial charge is 0.114 e. The summed E-state index contributed by atoms with van der Waals surface area (Å²) in [4.78, 5) is 6.17. The summed E-state index contributed by atoms with van der Waals surface area (Å²) in [5.41, 5.74) is 8.72. The van der Waals surface area contributed by atoms with Crippen molar-refractivity contribution in [1.82, 2.24) is 4.98 Å². The van der Waals surface area contributed by atoms with E-state index in [9.17, 15) is 0 Å². The molecule has 2 aromatic rings. The largest absolute Gasteiger partial charge is 0.318 e. The standard InChI is InChI=1S/C12H14N2S2/c13-11(8-5-6-15-7-8)12-14-9-3-1-2-4-10(9)16-12/h5-7,11H,1-4,13H2. The van der Waals surface area contributed by atoms with Gasteiger partial charge >= 0.3 is 0 Å². The molecule has 2 N–H and O–H groups in total. The summed E-state index contributed by atoms with van der Waals surface area (Å²) in [7, 11) is 0. The van der Waals surface area contributed by atoms with Gasteiger partial charge in [-0.05, 0) is 48.1 Å². The average molecular weight is 250 g/mol. The predicted molar refractivity (Wildman–Crippen MR) is 69.1 cm³/mol. The summed E-state index contributed by atoms with van der Waals surface area (Å²) in [6.07, 6.45) is 4.93. The van der Waals surface area contributed by atoms with Gasteiger partial charge in [-0.1, -0.05) is 0 Å². The molecule has 2 heterocycles. The number of hydrogen-bond acceptors (Lipinski definition) is 4. The topological polar surface area (TPSA) is 38.9 Å². The summed E-state index contributed by atoms with van der Waals surface area (Å²) < 4.78 is 0. The van der Waals surface area contributed by atoms with Crippen LogP contribution in [-0.4, -0.2) is 4.98 Å². The number of hydrogen-bond donors (Lipinski definition) is 1. The van der Waals surface area contributed by atoms with Crippen LogP contribution >= 0.6 is 22.7 Å². The minimum atomic E-state index is -0.0261. The highest BCUT2D eigenvalue weighted by Crippen LogP contribution is 2.31. The van der Waals surface area contributed by atoms with E-state index in [0.717, 1.165) is 11.4 Å². The highest BCUT2D eigenvalue weighted by Gasteiger charge is 2.19. The van der Waals surface area contributed by atoms with Crippen LogP contribution in [0.2, 0.25) is 0 Å². The molecule has 16 heavy (non-hydrogen) atoms. The molecule has 0 aromatic carbocycles. The minimum absolute atomic E-state index is 0.0261. The Morgan fingerprint density at radius 2 is 2.19 bits per heavy atom. The van der Waals surface area contributed by atoms with E-state index < -0.39 is 0 Å². The van der Waals surface area contributed by atoms with Crippen LogP contribution in [0.3, 0.4) is 0 Å². The van der Waals surface area contributed by atoms with Crippen molar-refractivity contribution >= 4 is 22.7 Å². The third kappa shape index (κ3) is 1.81. The van der Waals surface area contributed by atoms with Crippen molar-refractivity contribution in [3.63, 3.8) is 0 Å². The third-order valence-electron chi connectivity index (χ3n) is 3.03. The Kier molecular flexibility index (Phi) is 2.79. The lowest BCUT2D eigenvalue weighted by Gasteiger charge is -2.06. The molecule has 84 valence electrons. The minimum Gasteiger partial charge on any atom is -0.318 e. The fourth-order valence-electron chi connectivity index (χ4n) is 2.10. The molecular weight excluding hydrogens is 236 g/mol. The molecule has 1 aliphatic rings. The maximum Gasteiger partial charge on any atom is 0.114 e. The fourth-order valence-corrected chi connectivity index (χ4v) is 3.98. The van der Waals surface area contributed by atoms with Crippen molar-refractivity contribution in [1.29, 1.82) is 0 Å². The van der Waals surface area contributed by atoms with Gasteiger partial charge in [0.05, 0.1) is 11.7 Å². The van der Waals surface area contributed by atoms with E-state index in [0.29, 0.717) is 0 Å². The van der Waals surface area contributed by atoms with Crippen LogP contribution in [0.1, 0.15) is 40.0 Å². The fraction of sp³-hybridized carbons (Fsp3) is 0.417. The molecule has 1 aliphatic carbocycles. The van der Waals surface area contributed by atoms with Gasteiger partial charge in [-0.25, -0.2) is 4.98 Å². The van der Waals surface area contributed by atoms with Gasteiger partial charge in [-0.2, -0.15) is 11.3 Å². The molecule has 0 aliphatic heterocycles. The summed E-state index contributed by atoms with van der Waals surface area (Å²) in [6, 6.07) is 2.07. The van der Waals surface area contributed by atoms with Crippen molar-refractivity contribution in [3.05, 3.63) is 38.0 Å². The number of rotatable bonds is 2. The first-order valence-electron chi connectivity index (χ1n) is 5.61. The van der Waals surface area contributed by atoms with E-state index in [4.69, 9.17) is 10.7 Å². The van der Waals surface area contributed by atoms with Crippen molar-refractivity contribution in [2.45, 2.75) is 31.7 Å². The SMILES string of the molecule is NC(c1ccsc1)c1nc2c(s1)CCCC2. The highest BCUT2D eigenvalue weighted by molar-refractivity contribution is 7.12. The number of nitrogens with zero attached hydrogens (tertiary/aromatic N) is 1. The molecule has 0 spiro atoms. The Labute approximate surface area is 103 Å². The van der Waals surface area contributed by atoms with Crippen LogP contribution in [0.25, 0.3) is 0 Å². The van der Waals surface area contributed by atoms with E-state index in [1.165, 1.54) is 35.4 Å². The van der Waals surface area contributed by atoms with E-state index in [1.54, 1.807) is 11.3 Å². The second-order valence-electron chi connectivity index (χ2n) is 4.16. The zero-order chi connectivity index (χ0) is 11.0. The van der Waals surface area contributed by atoms with Crippen LogP contribution in [0.5, 0.6) is 0 Å². The van der Waals surface area contributed by atoms with E-state index in [-0.39, 0.29) is 6.04 Å². The number of aryl methyl sites for hydroxylation is 2. The lowest BCUT2D eigenvalue weighted by molar-refractivity contribution is 0.678. The van der Waals surface area contributed by atoms with Crippen molar-refractivity contribution in [2.24, 2.45) is 5.73 Å². The van der Waals surface area contributed by atoms with Crippen molar-refractivity contribution in [3.8, 4) is 0 Å². The lowest BCUT2D eigenvalue weighted by Crippen LogP contribution is -2.10. The molecule has 0 saturated heterocycles. The van der Waals surface area contributed by atoms with Crippen LogP contribution in [0.15, 0.2) is 16.8 Å². The first-order chi connectivity index (χ1) is 7.84. The Morgan fingerprint density at radius 1 is 1.31 bits per heavy atom. The zero-order valence-electron chi connectivity index (χ0n) is 8.98. The van der Waals surface area contributed by atoms with Gasteiger partial charge in [0.25, 0.3) is 0 Å². The Bertz CT molecular complexity index is 450. The summed E-state index contributed by atoms with van der Waals surface area (Å²) in [5, 5.41) is 5.28. The van der Waals surface area contributed by atoms with E-state index in [1.807, 2.05) is 11.3 Å². The average Bonchev–Trinajstić information content (AvgIpc) is 2.97. The predicted octanol–water partition coefficient (Wildman–Crippen LogP) is 3.13. The Balaban J connectivity index is 1.92. The van der Waals surface area contributed by atoms with Crippen LogP contribution in [-0.2, 0) is 12.8 Å². The highest BCUT2D eigenvalue weighted by atomic mass is 32.1. The van der Waals surface area contributed by atoms with Gasteiger partial charge in [0.1, 0.15) is 5.01 Å². The van der Waals surface area contributed by atoms with Gasteiger partial charge in [-0.15, -0.1) is 11.3 Å². The molecule has 2 aromatic heterocycles. The van der Waals surface area contributed by atoms with Gasteiger partial charge in [-0.3, -0.25) is 0 Å². The summed E-state index contributed by atoms with van der Waals surface area (Å²) >= 11 is 3.50. The van der Waals surface area contributed by atoms with Gasteiger partial charge in [0, 0.05) is 4.88 Å². The van der Waals surface area contributed by atoms with Crippen molar-refractivity contribution < 1.29 is 0 Å². The van der Waals surface area contributed by atoms with Crippen LogP contribution in [0.4, 0.5) is 0 Å². The molecule has 0 bridgehead atoms. The molecule has 3 rings (SSSR count). The summed E-state index contributed by atoms with van der Waals surface area (Å²) in [6.45, 7) is 0. The first kappa shape index (κ1) is 10.4. The maximum atomic E-state index is 6.23. The zero-order valence-corrected chi connectivity index (χ0v) is 10.6. The molecular formula is C12H14N2S2. The first-order valence-corrected chi connectivity index (χ1v) is 7.36. The van der Waals surface area contributed by atoms with E-state index in [2.05, 4.69) is 16.8 Å². The molecule has 0 saturated carbocycles. The monoisotopic (exact) mass is 250 g/mol. The normalized spacial score (nSPS) is 17.1. The number of thiophene rings is 1. The number of aromatic nitrogens is 1. The summed E-state index contributed by atoms with van der Waals surface area (Å²) in [5.74, 6) is 0. The van der Waals surface area contributed by atoms with Gasteiger partial charge < -0.3 is 5.73 Å². The third-order valence-corrected chi connectivity index (χ3v) is 4.97. The van der Waals surface area contributed by atoms with Crippen LogP contribution < -0.4 is 5.73 Å². The van der Waals surface area contributed by atoms with Crippen molar-refractivity contribution in [2.75, 3.05) is 0 Å². The molecule has 0 fully saturated rings. The number of fused-ring (bicyclic) bond motifs is 1. The van der Waals surface area contributed by atoms with E-state index >= 15 is 0 Å².